The monoisotopic (exact) mass is 447 g/mol. The van der Waals surface area contributed by atoms with Crippen LogP contribution in [-0.2, 0) is 30.3 Å². The Morgan fingerprint density at radius 3 is 2.66 bits per heavy atom. The number of carbonyl (C=O) groups excluding carboxylic acids is 2. The minimum Gasteiger partial charge on any atom is -0.389 e. The van der Waals surface area contributed by atoms with Gasteiger partial charge in [-0.3, -0.25) is 14.6 Å². The lowest BCUT2D eigenvalue weighted by Gasteiger charge is -2.45. The first-order valence-corrected chi connectivity index (χ1v) is 11.5. The molecule has 176 valence electrons. The predicted octanol–water partition coefficient (Wildman–Crippen LogP) is 0.650. The van der Waals surface area contributed by atoms with Gasteiger partial charge in [0.2, 0.25) is 11.8 Å². The van der Waals surface area contributed by atoms with Crippen LogP contribution in [-0.4, -0.2) is 84.1 Å². The third-order valence-corrected chi connectivity index (χ3v) is 6.49. The van der Waals surface area contributed by atoms with Crippen molar-refractivity contribution in [3.8, 4) is 0 Å². The zero-order chi connectivity index (χ0) is 22.3. The fraction of sp³-hybridized carbons (Fsp3) is 0.696. The number of nitrogens with zero attached hydrogens (tertiary/aromatic N) is 2. The number of hydrogen-bond acceptors (Lipinski definition) is 7. The number of rotatable bonds is 5. The molecule has 3 aliphatic rings. The van der Waals surface area contributed by atoms with Gasteiger partial charge in [0.25, 0.3) is 0 Å². The predicted molar refractivity (Wildman–Crippen MR) is 114 cm³/mol. The van der Waals surface area contributed by atoms with Gasteiger partial charge in [0, 0.05) is 44.6 Å². The van der Waals surface area contributed by atoms with Gasteiger partial charge in [-0.05, 0) is 43.4 Å². The number of carbonyl (C=O) groups is 2. The number of pyridine rings is 1. The summed E-state index contributed by atoms with van der Waals surface area (Å²) in [6, 6.07) is 3.58. The first-order chi connectivity index (χ1) is 15.6. The van der Waals surface area contributed by atoms with Gasteiger partial charge in [0.1, 0.15) is 6.10 Å². The molecule has 2 amide bonds. The molecule has 4 atom stereocenters. The lowest BCUT2D eigenvalue weighted by Crippen LogP contribution is -2.58. The van der Waals surface area contributed by atoms with Crippen LogP contribution < -0.4 is 5.32 Å². The zero-order valence-electron chi connectivity index (χ0n) is 18.4. The number of ether oxygens (including phenoxy) is 3. The van der Waals surface area contributed by atoms with Crippen LogP contribution in [0.15, 0.2) is 24.5 Å². The summed E-state index contributed by atoms with van der Waals surface area (Å²) in [5, 5.41) is 13.2. The van der Waals surface area contributed by atoms with Crippen molar-refractivity contribution in [2.75, 3.05) is 33.0 Å². The fourth-order valence-corrected chi connectivity index (χ4v) is 4.75. The van der Waals surface area contributed by atoms with Crippen LogP contribution in [0.3, 0.4) is 0 Å². The Morgan fingerprint density at radius 2 is 1.88 bits per heavy atom. The average molecular weight is 448 g/mol. The highest BCUT2D eigenvalue weighted by molar-refractivity contribution is 5.79. The van der Waals surface area contributed by atoms with Gasteiger partial charge in [-0.1, -0.05) is 0 Å². The number of nitrogens with one attached hydrogen (secondary N) is 1. The maximum absolute atomic E-state index is 13.3. The van der Waals surface area contributed by atoms with E-state index in [1.165, 1.54) is 0 Å². The second-order valence-corrected chi connectivity index (χ2v) is 8.85. The van der Waals surface area contributed by atoms with Gasteiger partial charge in [-0.25, -0.2) is 0 Å². The number of aromatic nitrogens is 1. The van der Waals surface area contributed by atoms with Crippen molar-refractivity contribution >= 4 is 11.8 Å². The van der Waals surface area contributed by atoms with Crippen LogP contribution in [0.4, 0.5) is 0 Å². The van der Waals surface area contributed by atoms with Crippen molar-refractivity contribution < 1.29 is 28.9 Å². The van der Waals surface area contributed by atoms with Crippen molar-refractivity contribution in [1.82, 2.24) is 15.2 Å². The quantitative estimate of drug-likeness (QED) is 0.682. The van der Waals surface area contributed by atoms with Crippen LogP contribution in [0.25, 0.3) is 0 Å². The lowest BCUT2D eigenvalue weighted by molar-refractivity contribution is -0.173. The maximum atomic E-state index is 13.3. The Labute approximate surface area is 188 Å². The lowest BCUT2D eigenvalue weighted by atomic mass is 9.91. The summed E-state index contributed by atoms with van der Waals surface area (Å²) in [6.45, 7) is 2.36. The van der Waals surface area contributed by atoms with E-state index in [0.29, 0.717) is 45.6 Å². The molecule has 0 unspecified atom stereocenters. The molecular weight excluding hydrogens is 414 g/mol. The normalized spacial score (nSPS) is 29.5. The Bertz CT molecular complexity index is 757. The zero-order valence-corrected chi connectivity index (χ0v) is 18.4. The Morgan fingerprint density at radius 1 is 1.09 bits per heavy atom. The van der Waals surface area contributed by atoms with Crippen LogP contribution in [0.1, 0.15) is 37.7 Å². The van der Waals surface area contributed by atoms with E-state index in [4.69, 9.17) is 14.2 Å². The summed E-state index contributed by atoms with van der Waals surface area (Å²) in [4.78, 5) is 31.5. The van der Waals surface area contributed by atoms with Gasteiger partial charge in [0.15, 0.2) is 0 Å². The molecule has 4 rings (SSSR count). The van der Waals surface area contributed by atoms with E-state index < -0.39 is 6.10 Å². The van der Waals surface area contributed by atoms with E-state index in [1.54, 1.807) is 12.4 Å². The Balaban J connectivity index is 1.34. The molecule has 0 aliphatic carbocycles. The Hall–Kier alpha value is -2.07. The number of β-amino-alcohol motifs (C(OH)–C–C–N with tert-alkyl or cyclic N) is 1. The van der Waals surface area contributed by atoms with E-state index in [-0.39, 0.29) is 55.6 Å². The van der Waals surface area contributed by atoms with Crippen LogP contribution in [0.2, 0.25) is 0 Å². The topological polar surface area (TPSA) is 110 Å². The van der Waals surface area contributed by atoms with Crippen LogP contribution >= 0.6 is 0 Å². The van der Waals surface area contributed by atoms with Crippen molar-refractivity contribution in [1.29, 1.82) is 0 Å². The highest BCUT2D eigenvalue weighted by Gasteiger charge is 2.41. The van der Waals surface area contributed by atoms with Crippen molar-refractivity contribution in [3.63, 3.8) is 0 Å². The maximum Gasteiger partial charge on any atom is 0.226 e. The molecule has 3 saturated heterocycles. The number of amides is 2. The fourth-order valence-electron chi connectivity index (χ4n) is 4.75. The summed E-state index contributed by atoms with van der Waals surface area (Å²) in [6.07, 6.45) is 5.24. The van der Waals surface area contributed by atoms with Gasteiger partial charge < -0.3 is 29.5 Å². The first-order valence-electron chi connectivity index (χ1n) is 11.5. The molecule has 32 heavy (non-hydrogen) atoms. The molecule has 2 N–H and O–H groups in total. The molecule has 0 aromatic carbocycles. The molecule has 1 aromatic heterocycles. The molecule has 0 bridgehead atoms. The SMILES string of the molecule is O=C(C[C@H]1CC[C@H]2[C@@H](COC[C@@H](O)CN2C(=O)C2CCOCC2)O1)NCc1ccncc1. The number of aliphatic hydroxyl groups excluding tert-OH is 1. The molecular formula is C23H33N3O6. The van der Waals surface area contributed by atoms with E-state index in [0.717, 1.165) is 12.0 Å². The van der Waals surface area contributed by atoms with Gasteiger partial charge in [0.05, 0.1) is 37.9 Å². The summed E-state index contributed by atoms with van der Waals surface area (Å²) in [7, 11) is 0. The number of fused-ring (bicyclic) bond motifs is 1. The van der Waals surface area contributed by atoms with E-state index in [1.807, 2.05) is 17.0 Å². The molecule has 0 radical (unpaired) electrons. The first kappa shape index (κ1) is 23.1. The van der Waals surface area contributed by atoms with E-state index in [9.17, 15) is 14.7 Å². The molecule has 9 nitrogen and oxygen atoms in total. The highest BCUT2D eigenvalue weighted by atomic mass is 16.5. The van der Waals surface area contributed by atoms with Gasteiger partial charge >= 0.3 is 0 Å². The van der Waals surface area contributed by atoms with E-state index in [2.05, 4.69) is 10.3 Å². The second kappa shape index (κ2) is 11.2. The third-order valence-electron chi connectivity index (χ3n) is 6.49. The van der Waals surface area contributed by atoms with Crippen molar-refractivity contribution in [3.05, 3.63) is 30.1 Å². The average Bonchev–Trinajstić information content (AvgIpc) is 2.81. The standard InChI is InChI=1S/C23H33N3O6/c27-18-13-26(23(29)17-5-9-30-10-6-17)20-2-1-19(32-21(20)15-31-14-18)11-22(28)25-12-16-3-7-24-8-4-16/h3-4,7-8,17-21,27H,1-2,5-6,9-15H2,(H,25,28)/t18-,19+,20-,21+/m0/s1. The molecule has 0 saturated carbocycles. The molecule has 0 spiro atoms. The Kier molecular flexibility index (Phi) is 8.07. The molecule has 9 heteroatoms. The van der Waals surface area contributed by atoms with Crippen molar-refractivity contribution in [2.24, 2.45) is 5.92 Å². The minimum atomic E-state index is -0.712. The number of hydrogen-bond donors (Lipinski definition) is 2. The van der Waals surface area contributed by atoms with Crippen LogP contribution in [0.5, 0.6) is 0 Å². The molecule has 3 aliphatic heterocycles. The summed E-state index contributed by atoms with van der Waals surface area (Å²) in [5.74, 6) is -0.0717. The van der Waals surface area contributed by atoms with Gasteiger partial charge in [-0.2, -0.15) is 0 Å². The summed E-state index contributed by atoms with van der Waals surface area (Å²) >= 11 is 0. The molecule has 4 heterocycles. The summed E-state index contributed by atoms with van der Waals surface area (Å²) < 4.78 is 17.3. The van der Waals surface area contributed by atoms with Gasteiger partial charge in [-0.15, -0.1) is 0 Å². The molecule has 1 aromatic rings. The summed E-state index contributed by atoms with van der Waals surface area (Å²) in [5.41, 5.74) is 0.993. The minimum absolute atomic E-state index is 0.0671. The van der Waals surface area contributed by atoms with Crippen LogP contribution in [0, 0.1) is 5.92 Å². The highest BCUT2D eigenvalue weighted by Crippen LogP contribution is 2.30. The smallest absolute Gasteiger partial charge is 0.226 e. The molecule has 3 fully saturated rings. The van der Waals surface area contributed by atoms with Crippen molar-refractivity contribution in [2.45, 2.75) is 63.0 Å². The second-order valence-electron chi connectivity index (χ2n) is 8.85. The largest absolute Gasteiger partial charge is 0.389 e. The van der Waals surface area contributed by atoms with E-state index >= 15 is 0 Å². The third kappa shape index (κ3) is 6.04. The number of aliphatic hydroxyl groups is 1.